The Balaban J connectivity index is 2.07. The minimum absolute atomic E-state index is 0.175. The van der Waals surface area contributed by atoms with Gasteiger partial charge in [-0.1, -0.05) is 19.3 Å². The number of rotatable bonds is 2. The molecule has 0 saturated heterocycles. The second kappa shape index (κ2) is 4.62. The smallest absolute Gasteiger partial charge is 0.264 e. The molecule has 5 heteroatoms. The fourth-order valence-corrected chi connectivity index (χ4v) is 2.54. The van der Waals surface area contributed by atoms with Crippen molar-refractivity contribution in [2.75, 3.05) is 0 Å². The van der Waals surface area contributed by atoms with Crippen molar-refractivity contribution >= 4 is 17.2 Å². The molecular formula is C11H13N3OS. The zero-order chi connectivity index (χ0) is 11.4. The lowest BCUT2D eigenvalue weighted by molar-refractivity contribution is 0.0906. The van der Waals surface area contributed by atoms with Gasteiger partial charge in [0.25, 0.3) is 5.91 Å². The van der Waals surface area contributed by atoms with E-state index in [1.54, 1.807) is 5.51 Å². The van der Waals surface area contributed by atoms with Crippen molar-refractivity contribution in [3.8, 4) is 6.07 Å². The number of nitriles is 1. The molecule has 0 unspecified atom stereocenters. The van der Waals surface area contributed by atoms with Gasteiger partial charge >= 0.3 is 0 Å². The van der Waals surface area contributed by atoms with E-state index in [1.165, 1.54) is 17.5 Å². The summed E-state index contributed by atoms with van der Waals surface area (Å²) in [6.45, 7) is 0. The Labute approximate surface area is 98.3 Å². The van der Waals surface area contributed by atoms with Crippen LogP contribution < -0.4 is 5.32 Å². The molecule has 0 aromatic carbocycles. The van der Waals surface area contributed by atoms with Crippen LogP contribution in [0.15, 0.2) is 11.7 Å². The molecule has 0 aliphatic heterocycles. The topological polar surface area (TPSA) is 65.8 Å². The number of amides is 1. The number of nitrogens with zero attached hydrogens (tertiary/aromatic N) is 2. The number of nitrogens with one attached hydrogen (secondary N) is 1. The Morgan fingerprint density at radius 1 is 1.50 bits per heavy atom. The zero-order valence-corrected chi connectivity index (χ0v) is 9.72. The van der Waals surface area contributed by atoms with E-state index in [0.717, 1.165) is 32.1 Å². The molecule has 1 amide bonds. The molecule has 1 aliphatic carbocycles. The average molecular weight is 235 g/mol. The van der Waals surface area contributed by atoms with Crippen LogP contribution >= 0.6 is 11.3 Å². The van der Waals surface area contributed by atoms with E-state index in [1.807, 2.05) is 0 Å². The molecule has 84 valence electrons. The van der Waals surface area contributed by atoms with Crippen LogP contribution in [0.5, 0.6) is 0 Å². The first kappa shape index (κ1) is 11.1. The number of carbonyl (C=O) groups is 1. The van der Waals surface area contributed by atoms with Gasteiger partial charge in [0.15, 0.2) is 0 Å². The fraction of sp³-hybridized carbons (Fsp3) is 0.545. The summed E-state index contributed by atoms with van der Waals surface area (Å²) in [6, 6.07) is 2.26. The Morgan fingerprint density at radius 3 is 2.81 bits per heavy atom. The maximum atomic E-state index is 11.8. The van der Waals surface area contributed by atoms with Crippen LogP contribution in [0, 0.1) is 11.3 Å². The maximum absolute atomic E-state index is 11.8. The summed E-state index contributed by atoms with van der Waals surface area (Å²) in [5.41, 5.74) is 0.966. The molecule has 0 spiro atoms. The Kier molecular flexibility index (Phi) is 3.20. The summed E-state index contributed by atoms with van der Waals surface area (Å²) in [4.78, 5) is 16.3. The van der Waals surface area contributed by atoms with Gasteiger partial charge in [-0.15, -0.1) is 11.3 Å². The van der Waals surface area contributed by atoms with Crippen LogP contribution in [-0.2, 0) is 0 Å². The first-order valence-corrected chi connectivity index (χ1v) is 6.26. The van der Waals surface area contributed by atoms with Crippen LogP contribution in [0.4, 0.5) is 0 Å². The first-order chi connectivity index (χ1) is 7.76. The molecule has 4 nitrogen and oxygen atoms in total. The summed E-state index contributed by atoms with van der Waals surface area (Å²) in [5.74, 6) is -0.175. The van der Waals surface area contributed by atoms with E-state index < -0.39 is 5.54 Å². The second-order valence-corrected chi connectivity index (χ2v) is 4.96. The van der Waals surface area contributed by atoms with E-state index in [4.69, 9.17) is 0 Å². The van der Waals surface area contributed by atoms with Gasteiger partial charge in [-0.3, -0.25) is 9.78 Å². The monoisotopic (exact) mass is 235 g/mol. The van der Waals surface area contributed by atoms with Crippen LogP contribution in [0.2, 0.25) is 0 Å². The standard InChI is InChI=1S/C11H13N3OS/c12-7-11(4-2-1-3-5-11)14-10(15)9-6-13-8-16-9/h6,8H,1-5H2,(H,14,15). The lowest BCUT2D eigenvalue weighted by Crippen LogP contribution is -2.48. The van der Waals surface area contributed by atoms with Crippen molar-refractivity contribution in [3.05, 3.63) is 16.6 Å². The summed E-state index contributed by atoms with van der Waals surface area (Å²) in [7, 11) is 0. The maximum Gasteiger partial charge on any atom is 0.264 e. The van der Waals surface area contributed by atoms with Gasteiger partial charge in [-0.2, -0.15) is 5.26 Å². The van der Waals surface area contributed by atoms with E-state index in [0.29, 0.717) is 4.88 Å². The van der Waals surface area contributed by atoms with Crippen molar-refractivity contribution in [3.63, 3.8) is 0 Å². The Morgan fingerprint density at radius 2 is 2.25 bits per heavy atom. The van der Waals surface area contributed by atoms with Crippen molar-refractivity contribution in [2.24, 2.45) is 0 Å². The predicted molar refractivity (Wildman–Crippen MR) is 61.0 cm³/mol. The molecule has 0 bridgehead atoms. The quantitative estimate of drug-likeness (QED) is 0.853. The summed E-state index contributed by atoms with van der Waals surface area (Å²) >= 11 is 1.30. The third-order valence-corrected chi connectivity index (χ3v) is 3.70. The van der Waals surface area contributed by atoms with Crippen LogP contribution in [0.25, 0.3) is 0 Å². The first-order valence-electron chi connectivity index (χ1n) is 5.38. The van der Waals surface area contributed by atoms with Gasteiger partial charge in [0.05, 0.1) is 17.8 Å². The van der Waals surface area contributed by atoms with E-state index in [9.17, 15) is 10.1 Å². The molecule has 1 N–H and O–H groups in total. The van der Waals surface area contributed by atoms with Crippen LogP contribution in [0.3, 0.4) is 0 Å². The van der Waals surface area contributed by atoms with Gasteiger partial charge in [0, 0.05) is 0 Å². The van der Waals surface area contributed by atoms with Gasteiger partial charge in [-0.25, -0.2) is 0 Å². The van der Waals surface area contributed by atoms with Crippen LogP contribution in [-0.4, -0.2) is 16.4 Å². The molecule has 1 aromatic heterocycles. The molecule has 1 heterocycles. The highest BCUT2D eigenvalue weighted by atomic mass is 32.1. The van der Waals surface area contributed by atoms with Gasteiger partial charge in [0.2, 0.25) is 0 Å². The summed E-state index contributed by atoms with van der Waals surface area (Å²) in [5, 5.41) is 12.1. The molecule has 0 radical (unpaired) electrons. The minimum Gasteiger partial charge on any atom is -0.333 e. The van der Waals surface area contributed by atoms with Gasteiger partial charge in [-0.05, 0) is 12.8 Å². The molecule has 1 fully saturated rings. The molecular weight excluding hydrogens is 222 g/mol. The molecule has 0 atom stereocenters. The summed E-state index contributed by atoms with van der Waals surface area (Å²) in [6.07, 6.45) is 6.23. The third-order valence-electron chi connectivity index (χ3n) is 2.93. The second-order valence-electron chi connectivity index (χ2n) is 4.07. The minimum atomic E-state index is -0.653. The molecule has 1 aromatic rings. The van der Waals surface area contributed by atoms with Gasteiger partial charge in [0.1, 0.15) is 10.4 Å². The Bertz CT molecular complexity index is 401. The normalized spacial score (nSPS) is 18.7. The highest BCUT2D eigenvalue weighted by Crippen LogP contribution is 2.28. The van der Waals surface area contributed by atoms with E-state index >= 15 is 0 Å². The Hall–Kier alpha value is -1.41. The SMILES string of the molecule is N#CC1(NC(=O)c2cncs2)CCCCC1. The average Bonchev–Trinajstić information content (AvgIpc) is 2.84. The van der Waals surface area contributed by atoms with Crippen molar-refractivity contribution in [2.45, 2.75) is 37.6 Å². The lowest BCUT2D eigenvalue weighted by atomic mass is 9.83. The van der Waals surface area contributed by atoms with Crippen molar-refractivity contribution in [1.82, 2.24) is 10.3 Å². The van der Waals surface area contributed by atoms with Crippen molar-refractivity contribution in [1.29, 1.82) is 5.26 Å². The fourth-order valence-electron chi connectivity index (χ4n) is 2.03. The molecule has 16 heavy (non-hydrogen) atoms. The highest BCUT2D eigenvalue weighted by Gasteiger charge is 2.33. The zero-order valence-electron chi connectivity index (χ0n) is 8.90. The molecule has 1 saturated carbocycles. The highest BCUT2D eigenvalue weighted by molar-refractivity contribution is 7.11. The third kappa shape index (κ3) is 2.22. The number of aromatic nitrogens is 1. The number of thiazole rings is 1. The predicted octanol–water partition coefficient (Wildman–Crippen LogP) is 2.10. The molecule has 2 rings (SSSR count). The van der Waals surface area contributed by atoms with E-state index in [-0.39, 0.29) is 5.91 Å². The molecule has 1 aliphatic rings. The number of carbonyl (C=O) groups excluding carboxylic acids is 1. The lowest BCUT2D eigenvalue weighted by Gasteiger charge is -2.31. The van der Waals surface area contributed by atoms with Crippen molar-refractivity contribution < 1.29 is 4.79 Å². The van der Waals surface area contributed by atoms with Gasteiger partial charge < -0.3 is 5.32 Å². The number of hydrogen-bond donors (Lipinski definition) is 1. The van der Waals surface area contributed by atoms with E-state index in [2.05, 4.69) is 16.4 Å². The van der Waals surface area contributed by atoms with Crippen LogP contribution in [0.1, 0.15) is 41.8 Å². The number of hydrogen-bond acceptors (Lipinski definition) is 4. The summed E-state index contributed by atoms with van der Waals surface area (Å²) < 4.78 is 0. The largest absolute Gasteiger partial charge is 0.333 e.